The summed E-state index contributed by atoms with van der Waals surface area (Å²) in [6.45, 7) is 2.18. The van der Waals surface area contributed by atoms with Crippen molar-refractivity contribution in [1.29, 1.82) is 0 Å². The second-order valence-electron chi connectivity index (χ2n) is 3.29. The molecule has 0 aliphatic carbocycles. The van der Waals surface area contributed by atoms with Gasteiger partial charge in [0.25, 0.3) is 0 Å². The number of rotatable bonds is 2. The van der Waals surface area contributed by atoms with Crippen LogP contribution in [0.4, 0.5) is 0 Å². The number of hydrogen-bond donors (Lipinski definition) is 0. The Labute approximate surface area is 98.5 Å². The molecule has 0 heterocycles. The second kappa shape index (κ2) is 4.30. The van der Waals surface area contributed by atoms with E-state index in [9.17, 15) is 0 Å². The summed E-state index contributed by atoms with van der Waals surface area (Å²) in [6, 6.07) is 12.9. The van der Waals surface area contributed by atoms with Gasteiger partial charge in [-0.25, -0.2) is 0 Å². The zero-order valence-corrected chi connectivity index (χ0v) is 10.3. The van der Waals surface area contributed by atoms with Crippen LogP contribution >= 0.6 is 22.6 Å². The molecule has 2 rings (SSSR count). The van der Waals surface area contributed by atoms with Gasteiger partial charge in [0, 0.05) is 3.57 Å². The van der Waals surface area contributed by atoms with Crippen molar-refractivity contribution in [3.8, 4) is 0 Å². The Morgan fingerprint density at radius 2 is 1.93 bits per heavy atom. The Kier molecular flexibility index (Phi) is 3.06. The van der Waals surface area contributed by atoms with Crippen LogP contribution in [0.3, 0.4) is 0 Å². The quantitative estimate of drug-likeness (QED) is 0.720. The first-order valence-electron chi connectivity index (χ1n) is 4.83. The van der Waals surface area contributed by atoms with Gasteiger partial charge in [-0.15, -0.1) is 0 Å². The fourth-order valence-corrected chi connectivity index (χ4v) is 2.37. The highest BCUT2D eigenvalue weighted by atomic mass is 127. The van der Waals surface area contributed by atoms with Gasteiger partial charge < -0.3 is 0 Å². The molecule has 1 radical (unpaired) electrons. The Morgan fingerprint density at radius 1 is 1.14 bits per heavy atom. The summed E-state index contributed by atoms with van der Waals surface area (Å²) in [5.41, 5.74) is 1.38. The monoisotopic (exact) mass is 295 g/mol. The molecule has 0 aromatic heterocycles. The molecular weight excluding hydrogens is 283 g/mol. The van der Waals surface area contributed by atoms with E-state index in [1.54, 1.807) is 0 Å². The molecule has 0 saturated carbocycles. The Bertz CT molecular complexity index is 446. The maximum atomic E-state index is 2.40. The molecule has 14 heavy (non-hydrogen) atoms. The number of halogens is 1. The first-order chi connectivity index (χ1) is 6.83. The van der Waals surface area contributed by atoms with E-state index in [1.165, 1.54) is 19.9 Å². The number of hydrogen-bond acceptors (Lipinski definition) is 0. The van der Waals surface area contributed by atoms with Crippen LogP contribution in [0.2, 0.25) is 0 Å². The Balaban J connectivity index is 2.69. The second-order valence-corrected chi connectivity index (χ2v) is 4.46. The molecule has 2 aromatic rings. The zero-order chi connectivity index (χ0) is 9.97. The van der Waals surface area contributed by atoms with Crippen LogP contribution in [0.1, 0.15) is 18.9 Å². The lowest BCUT2D eigenvalue weighted by Crippen LogP contribution is -1.88. The molecule has 1 heteroatoms. The van der Waals surface area contributed by atoms with Crippen molar-refractivity contribution in [2.75, 3.05) is 0 Å². The van der Waals surface area contributed by atoms with E-state index < -0.39 is 0 Å². The maximum absolute atomic E-state index is 2.40. The van der Waals surface area contributed by atoms with Crippen LogP contribution in [0.25, 0.3) is 10.8 Å². The van der Waals surface area contributed by atoms with E-state index in [-0.39, 0.29) is 0 Å². The van der Waals surface area contributed by atoms with Gasteiger partial charge in [0.2, 0.25) is 0 Å². The summed E-state index contributed by atoms with van der Waals surface area (Å²) in [6.07, 6.45) is 3.38. The van der Waals surface area contributed by atoms with Crippen molar-refractivity contribution in [3.63, 3.8) is 0 Å². The predicted octanol–water partition coefficient (Wildman–Crippen LogP) is 4.41. The molecule has 0 spiro atoms. The summed E-state index contributed by atoms with van der Waals surface area (Å²) in [5.74, 6) is 0. The fourth-order valence-electron chi connectivity index (χ4n) is 1.68. The van der Waals surface area contributed by atoms with E-state index in [4.69, 9.17) is 0 Å². The van der Waals surface area contributed by atoms with Gasteiger partial charge >= 0.3 is 0 Å². The molecule has 0 saturated heterocycles. The first-order valence-corrected chi connectivity index (χ1v) is 5.91. The predicted molar refractivity (Wildman–Crippen MR) is 70.4 cm³/mol. The van der Waals surface area contributed by atoms with Gasteiger partial charge in [0.1, 0.15) is 0 Å². The third-order valence-electron chi connectivity index (χ3n) is 2.33. The van der Waals surface area contributed by atoms with Gasteiger partial charge in [-0.05, 0) is 57.8 Å². The summed E-state index contributed by atoms with van der Waals surface area (Å²) >= 11 is 2.40. The normalized spacial score (nSPS) is 10.7. The van der Waals surface area contributed by atoms with Crippen molar-refractivity contribution in [1.82, 2.24) is 0 Å². The van der Waals surface area contributed by atoms with Crippen molar-refractivity contribution >= 4 is 33.4 Å². The van der Waals surface area contributed by atoms with E-state index in [1.807, 2.05) is 0 Å². The molecule has 0 unspecified atom stereocenters. The number of benzene rings is 2. The SMILES string of the molecule is CC[CH]c1c(I)ccc2ccccc12. The highest BCUT2D eigenvalue weighted by Crippen LogP contribution is 2.25. The molecule has 0 atom stereocenters. The lowest BCUT2D eigenvalue weighted by Gasteiger charge is -2.07. The van der Waals surface area contributed by atoms with Gasteiger partial charge in [-0.3, -0.25) is 0 Å². The van der Waals surface area contributed by atoms with E-state index >= 15 is 0 Å². The molecule has 0 aliphatic rings. The van der Waals surface area contributed by atoms with Crippen molar-refractivity contribution < 1.29 is 0 Å². The largest absolute Gasteiger partial charge is 0.0648 e. The van der Waals surface area contributed by atoms with Gasteiger partial charge in [0.15, 0.2) is 0 Å². The fraction of sp³-hybridized carbons (Fsp3) is 0.154. The van der Waals surface area contributed by atoms with Crippen LogP contribution in [-0.4, -0.2) is 0 Å². The lowest BCUT2D eigenvalue weighted by molar-refractivity contribution is 1.12. The zero-order valence-electron chi connectivity index (χ0n) is 8.13. The Morgan fingerprint density at radius 3 is 2.71 bits per heavy atom. The highest BCUT2D eigenvalue weighted by Gasteiger charge is 2.03. The van der Waals surface area contributed by atoms with Crippen LogP contribution in [0.5, 0.6) is 0 Å². The first kappa shape index (κ1) is 9.97. The Hall–Kier alpha value is -0.570. The molecule has 0 fully saturated rings. The average molecular weight is 295 g/mol. The molecule has 0 amide bonds. The molecular formula is C13H12I. The van der Waals surface area contributed by atoms with Gasteiger partial charge in [-0.2, -0.15) is 0 Å². The number of fused-ring (bicyclic) bond motifs is 1. The summed E-state index contributed by atoms with van der Waals surface area (Å²) in [7, 11) is 0. The highest BCUT2D eigenvalue weighted by molar-refractivity contribution is 14.1. The minimum atomic E-state index is 1.09. The minimum absolute atomic E-state index is 1.09. The molecule has 71 valence electrons. The summed E-state index contributed by atoms with van der Waals surface area (Å²) < 4.78 is 1.34. The standard InChI is InChI=1S/C13H12I/c1-2-5-12-11-7-4-3-6-10(11)8-9-13(12)14/h3-9H,2H2,1H3. The molecule has 0 nitrogen and oxygen atoms in total. The van der Waals surface area contributed by atoms with Crippen LogP contribution in [-0.2, 0) is 0 Å². The van der Waals surface area contributed by atoms with Crippen LogP contribution in [0.15, 0.2) is 36.4 Å². The van der Waals surface area contributed by atoms with E-state index in [0.717, 1.165) is 6.42 Å². The third-order valence-corrected chi connectivity index (χ3v) is 3.27. The topological polar surface area (TPSA) is 0 Å². The minimum Gasteiger partial charge on any atom is -0.0648 e. The molecule has 0 N–H and O–H groups in total. The smallest absolute Gasteiger partial charge is 0.0171 e. The lowest BCUT2D eigenvalue weighted by atomic mass is 10.0. The molecule has 0 aliphatic heterocycles. The van der Waals surface area contributed by atoms with Crippen molar-refractivity contribution in [2.24, 2.45) is 0 Å². The summed E-state index contributed by atoms with van der Waals surface area (Å²) in [4.78, 5) is 0. The molecule has 0 bridgehead atoms. The maximum Gasteiger partial charge on any atom is 0.0171 e. The van der Waals surface area contributed by atoms with Crippen LogP contribution < -0.4 is 0 Å². The van der Waals surface area contributed by atoms with Crippen molar-refractivity contribution in [2.45, 2.75) is 13.3 Å². The van der Waals surface area contributed by atoms with Crippen LogP contribution in [0, 0.1) is 9.99 Å². The van der Waals surface area contributed by atoms with E-state index in [2.05, 4.69) is 72.3 Å². The van der Waals surface area contributed by atoms with Crippen molar-refractivity contribution in [3.05, 3.63) is 52.0 Å². The average Bonchev–Trinajstić information content (AvgIpc) is 2.23. The van der Waals surface area contributed by atoms with E-state index in [0.29, 0.717) is 0 Å². The summed E-state index contributed by atoms with van der Waals surface area (Å²) in [5, 5.41) is 2.69. The third kappa shape index (κ3) is 1.78. The molecule has 2 aromatic carbocycles. The van der Waals surface area contributed by atoms with Gasteiger partial charge in [-0.1, -0.05) is 37.3 Å². The van der Waals surface area contributed by atoms with Gasteiger partial charge in [0.05, 0.1) is 0 Å².